The standard InChI is InChI=1S/C25H23BrN2O5S/c1-16-12-20(10-11-22(16)26)27-24(29)15-33-25(30)19-7-5-8-21(14-19)34(31,32)28-17(2)13-18-6-3-4-9-23(18)28/h3-12,14,17H,13,15H2,1-2H3,(H,27,29)/t17-/m0/s1. The summed E-state index contributed by atoms with van der Waals surface area (Å²) in [4.78, 5) is 24.7. The van der Waals surface area contributed by atoms with Crippen LogP contribution in [0.2, 0.25) is 0 Å². The molecule has 4 rings (SSSR count). The molecule has 1 atom stereocenters. The van der Waals surface area contributed by atoms with E-state index in [1.54, 1.807) is 24.3 Å². The van der Waals surface area contributed by atoms with Crippen LogP contribution in [0.4, 0.5) is 11.4 Å². The molecular weight excluding hydrogens is 520 g/mol. The smallest absolute Gasteiger partial charge is 0.338 e. The highest BCUT2D eigenvalue weighted by Crippen LogP contribution is 2.36. The maximum absolute atomic E-state index is 13.4. The second kappa shape index (κ2) is 9.60. The fraction of sp³-hybridized carbons (Fsp3) is 0.200. The van der Waals surface area contributed by atoms with Gasteiger partial charge in [0.2, 0.25) is 0 Å². The Morgan fingerprint density at radius 1 is 1.09 bits per heavy atom. The minimum Gasteiger partial charge on any atom is -0.452 e. The van der Waals surface area contributed by atoms with Crippen molar-refractivity contribution in [1.82, 2.24) is 0 Å². The Morgan fingerprint density at radius 3 is 2.62 bits per heavy atom. The average molecular weight is 543 g/mol. The molecular formula is C25H23BrN2O5S. The monoisotopic (exact) mass is 542 g/mol. The summed E-state index contributed by atoms with van der Waals surface area (Å²) in [7, 11) is -3.89. The number of anilines is 2. The van der Waals surface area contributed by atoms with E-state index in [0.29, 0.717) is 17.8 Å². The van der Waals surface area contributed by atoms with Crippen LogP contribution in [-0.2, 0) is 26.0 Å². The number of para-hydroxylation sites is 1. The van der Waals surface area contributed by atoms with Gasteiger partial charge >= 0.3 is 5.97 Å². The predicted molar refractivity (Wildman–Crippen MR) is 134 cm³/mol. The Balaban J connectivity index is 1.46. The molecule has 176 valence electrons. The van der Waals surface area contributed by atoms with E-state index >= 15 is 0 Å². The van der Waals surface area contributed by atoms with Crippen LogP contribution in [0.3, 0.4) is 0 Å². The minimum atomic E-state index is -3.89. The van der Waals surface area contributed by atoms with Crippen molar-refractivity contribution in [1.29, 1.82) is 0 Å². The molecule has 0 aromatic heterocycles. The van der Waals surface area contributed by atoms with Crippen LogP contribution in [0, 0.1) is 6.92 Å². The van der Waals surface area contributed by atoms with Crippen molar-refractivity contribution < 1.29 is 22.7 Å². The Labute approximate surface area is 206 Å². The van der Waals surface area contributed by atoms with Crippen LogP contribution >= 0.6 is 15.9 Å². The number of hydrogen-bond donors (Lipinski definition) is 1. The largest absolute Gasteiger partial charge is 0.452 e. The Hall–Kier alpha value is -3.17. The second-order valence-electron chi connectivity index (χ2n) is 8.10. The normalized spacial score (nSPS) is 15.0. The maximum Gasteiger partial charge on any atom is 0.338 e. The van der Waals surface area contributed by atoms with Crippen molar-refractivity contribution in [3.63, 3.8) is 0 Å². The third kappa shape index (κ3) is 4.85. The SMILES string of the molecule is Cc1cc(NC(=O)COC(=O)c2cccc(S(=O)(=O)N3c4ccccc4C[C@@H]3C)c2)ccc1Br. The predicted octanol–water partition coefficient (Wildman–Crippen LogP) is 4.69. The van der Waals surface area contributed by atoms with E-state index in [9.17, 15) is 18.0 Å². The van der Waals surface area contributed by atoms with Gasteiger partial charge in [0.25, 0.3) is 15.9 Å². The number of sulfonamides is 1. The van der Waals surface area contributed by atoms with Gasteiger partial charge in [-0.25, -0.2) is 13.2 Å². The highest BCUT2D eigenvalue weighted by molar-refractivity contribution is 9.10. The molecule has 0 saturated heterocycles. The molecule has 3 aromatic carbocycles. The van der Waals surface area contributed by atoms with Crippen molar-refractivity contribution >= 4 is 49.2 Å². The van der Waals surface area contributed by atoms with Gasteiger partial charge in [-0.2, -0.15) is 0 Å². The van der Waals surface area contributed by atoms with Crippen molar-refractivity contribution in [3.05, 3.63) is 87.9 Å². The van der Waals surface area contributed by atoms with Gasteiger partial charge in [-0.1, -0.05) is 40.2 Å². The molecule has 0 saturated carbocycles. The number of nitrogens with zero attached hydrogens (tertiary/aromatic N) is 1. The summed E-state index contributed by atoms with van der Waals surface area (Å²) < 4.78 is 34.2. The Kier molecular flexibility index (Phi) is 6.77. The van der Waals surface area contributed by atoms with Gasteiger partial charge in [0, 0.05) is 16.2 Å². The van der Waals surface area contributed by atoms with Gasteiger partial charge < -0.3 is 10.1 Å². The van der Waals surface area contributed by atoms with E-state index in [2.05, 4.69) is 21.2 Å². The lowest BCUT2D eigenvalue weighted by Gasteiger charge is -2.24. The highest BCUT2D eigenvalue weighted by Gasteiger charge is 2.36. The third-order valence-corrected chi connectivity index (χ3v) is 8.36. The minimum absolute atomic E-state index is 0.0136. The molecule has 1 N–H and O–H groups in total. The summed E-state index contributed by atoms with van der Waals surface area (Å²) in [6.07, 6.45) is 0.615. The zero-order valence-corrected chi connectivity index (χ0v) is 21.0. The van der Waals surface area contributed by atoms with Gasteiger partial charge in [-0.3, -0.25) is 9.10 Å². The first-order valence-electron chi connectivity index (χ1n) is 10.6. The highest BCUT2D eigenvalue weighted by atomic mass is 79.9. The average Bonchev–Trinajstić information content (AvgIpc) is 3.16. The molecule has 1 aliphatic heterocycles. The molecule has 0 fully saturated rings. The molecule has 1 aliphatic rings. The zero-order valence-electron chi connectivity index (χ0n) is 18.6. The summed E-state index contributed by atoms with van der Waals surface area (Å²) in [5.74, 6) is -1.28. The van der Waals surface area contributed by atoms with Crippen molar-refractivity contribution in [2.75, 3.05) is 16.2 Å². The van der Waals surface area contributed by atoms with E-state index in [1.165, 1.54) is 28.6 Å². The van der Waals surface area contributed by atoms with Crippen LogP contribution < -0.4 is 9.62 Å². The lowest BCUT2D eigenvalue weighted by molar-refractivity contribution is -0.119. The number of nitrogens with one attached hydrogen (secondary N) is 1. The number of carbonyl (C=O) groups excluding carboxylic acids is 2. The third-order valence-electron chi connectivity index (χ3n) is 5.55. The number of esters is 1. The van der Waals surface area contributed by atoms with E-state index < -0.39 is 28.5 Å². The molecule has 1 heterocycles. The van der Waals surface area contributed by atoms with Gasteiger partial charge in [0.15, 0.2) is 6.61 Å². The molecule has 7 nitrogen and oxygen atoms in total. The molecule has 0 radical (unpaired) electrons. The van der Waals surface area contributed by atoms with Gasteiger partial charge in [-0.05, 0) is 73.9 Å². The number of rotatable bonds is 6. The van der Waals surface area contributed by atoms with Crippen molar-refractivity contribution in [2.24, 2.45) is 0 Å². The topological polar surface area (TPSA) is 92.8 Å². The van der Waals surface area contributed by atoms with Crippen LogP contribution in [0.25, 0.3) is 0 Å². The number of ether oxygens (including phenoxy) is 1. The first-order chi connectivity index (χ1) is 16.2. The molecule has 0 bridgehead atoms. The Morgan fingerprint density at radius 2 is 1.85 bits per heavy atom. The number of halogens is 1. The van der Waals surface area contributed by atoms with Gasteiger partial charge in [-0.15, -0.1) is 0 Å². The summed E-state index contributed by atoms with van der Waals surface area (Å²) in [5.41, 5.74) is 3.18. The second-order valence-corrected chi connectivity index (χ2v) is 10.8. The van der Waals surface area contributed by atoms with E-state index in [-0.39, 0.29) is 16.5 Å². The Bertz CT molecular complexity index is 1370. The quantitative estimate of drug-likeness (QED) is 0.456. The van der Waals surface area contributed by atoms with Crippen LogP contribution in [0.1, 0.15) is 28.4 Å². The first-order valence-corrected chi connectivity index (χ1v) is 12.9. The number of hydrogen-bond acceptors (Lipinski definition) is 5. The van der Waals surface area contributed by atoms with E-state index in [0.717, 1.165) is 15.6 Å². The number of amides is 1. The summed E-state index contributed by atoms with van der Waals surface area (Å²) in [6, 6.07) is 18.1. The molecule has 34 heavy (non-hydrogen) atoms. The van der Waals surface area contributed by atoms with E-state index in [4.69, 9.17) is 4.74 Å². The summed E-state index contributed by atoms with van der Waals surface area (Å²) in [6.45, 7) is 3.24. The molecule has 0 aliphatic carbocycles. The first kappa shape index (κ1) is 24.0. The number of benzene rings is 3. The van der Waals surface area contributed by atoms with Gasteiger partial charge in [0.1, 0.15) is 0 Å². The summed E-state index contributed by atoms with van der Waals surface area (Å²) >= 11 is 3.40. The number of carbonyl (C=O) groups is 2. The van der Waals surface area contributed by atoms with Crippen LogP contribution in [0.5, 0.6) is 0 Å². The zero-order chi connectivity index (χ0) is 24.5. The fourth-order valence-corrected chi connectivity index (χ4v) is 5.92. The number of aryl methyl sites for hydroxylation is 1. The maximum atomic E-state index is 13.4. The van der Waals surface area contributed by atoms with E-state index in [1.807, 2.05) is 32.0 Å². The molecule has 3 aromatic rings. The summed E-state index contributed by atoms with van der Waals surface area (Å²) in [5, 5.41) is 2.66. The van der Waals surface area contributed by atoms with Crippen LogP contribution in [-0.4, -0.2) is 32.9 Å². The lowest BCUT2D eigenvalue weighted by atomic mass is 10.1. The van der Waals surface area contributed by atoms with Crippen molar-refractivity contribution in [2.45, 2.75) is 31.2 Å². The molecule has 1 amide bonds. The fourth-order valence-electron chi connectivity index (χ4n) is 3.93. The van der Waals surface area contributed by atoms with Crippen LogP contribution in [0.15, 0.2) is 76.1 Å². The van der Waals surface area contributed by atoms with Gasteiger partial charge in [0.05, 0.1) is 16.1 Å². The molecule has 0 spiro atoms. The molecule has 9 heteroatoms. The van der Waals surface area contributed by atoms with Crippen molar-refractivity contribution in [3.8, 4) is 0 Å². The lowest BCUT2D eigenvalue weighted by Crippen LogP contribution is -2.35. The number of fused-ring (bicyclic) bond motifs is 1. The molecule has 0 unspecified atom stereocenters.